The van der Waals surface area contributed by atoms with Crippen molar-refractivity contribution in [1.29, 1.82) is 0 Å². The molecule has 0 aromatic heterocycles. The van der Waals surface area contributed by atoms with Crippen LogP contribution in [0.4, 0.5) is 0 Å². The monoisotopic (exact) mass is 717 g/mol. The fraction of sp³-hybridized carbons (Fsp3) is 0.583. The highest BCUT2D eigenvalue weighted by Crippen LogP contribution is 2.43. The second-order valence-corrected chi connectivity index (χ2v) is 15.4. The normalized spacial score (nSPS) is 30.7. The molecule has 13 nitrogen and oxygen atoms in total. The Morgan fingerprint density at radius 1 is 1.12 bits per heavy atom. The van der Waals surface area contributed by atoms with Gasteiger partial charge < -0.3 is 34.7 Å². The maximum absolute atomic E-state index is 12.8. The Morgan fingerprint density at radius 3 is 2.46 bits per heavy atom. The first-order valence-corrected chi connectivity index (χ1v) is 18.5. The summed E-state index contributed by atoms with van der Waals surface area (Å²) in [6, 6.07) is 6.12. The molecule has 0 saturated carbocycles. The molecule has 50 heavy (non-hydrogen) atoms. The van der Waals surface area contributed by atoms with Gasteiger partial charge in [-0.1, -0.05) is 42.9 Å². The third kappa shape index (κ3) is 11.0. The van der Waals surface area contributed by atoms with Crippen molar-refractivity contribution in [2.24, 2.45) is 5.92 Å². The average molecular weight is 718 g/mol. The van der Waals surface area contributed by atoms with Gasteiger partial charge in [0.15, 0.2) is 0 Å². The molecule has 9 atom stereocenters. The predicted molar refractivity (Wildman–Crippen MR) is 185 cm³/mol. The second kappa shape index (κ2) is 17.2. The first-order valence-electron chi connectivity index (χ1n) is 17.0. The van der Waals surface area contributed by atoms with E-state index < -0.39 is 46.0 Å². The smallest absolute Gasteiger partial charge is 0.303 e. The number of hydrogen-bond acceptors (Lipinski definition) is 10. The summed E-state index contributed by atoms with van der Waals surface area (Å²) in [6.45, 7) is 9.64. The van der Waals surface area contributed by atoms with Gasteiger partial charge in [-0.3, -0.25) is 14.4 Å². The lowest BCUT2D eigenvalue weighted by atomic mass is 9.87. The highest BCUT2D eigenvalue weighted by atomic mass is 32.2. The van der Waals surface area contributed by atoms with Crippen molar-refractivity contribution >= 4 is 27.8 Å². The van der Waals surface area contributed by atoms with E-state index in [1.165, 1.54) is 38.3 Å². The summed E-state index contributed by atoms with van der Waals surface area (Å²) < 4.78 is 49.3. The zero-order valence-electron chi connectivity index (χ0n) is 29.6. The van der Waals surface area contributed by atoms with Crippen LogP contribution in [0.15, 0.2) is 65.1 Å². The summed E-state index contributed by atoms with van der Waals surface area (Å²) in [4.78, 5) is 36.5. The van der Waals surface area contributed by atoms with Gasteiger partial charge in [-0.2, -0.15) is 0 Å². The van der Waals surface area contributed by atoms with E-state index in [1.54, 1.807) is 25.1 Å². The Kier molecular flexibility index (Phi) is 13.6. The number of sulfonamides is 1. The number of benzene rings is 1. The van der Waals surface area contributed by atoms with E-state index in [9.17, 15) is 27.9 Å². The molecule has 0 bridgehead atoms. The number of hydrogen-bond donors (Lipinski definition) is 4. The van der Waals surface area contributed by atoms with E-state index in [1.807, 2.05) is 19.9 Å². The van der Waals surface area contributed by atoms with E-state index >= 15 is 0 Å². The quantitative estimate of drug-likeness (QED) is 0.0967. The van der Waals surface area contributed by atoms with Gasteiger partial charge in [-0.25, -0.2) is 13.1 Å². The SMILES string of the molecule is CNS(=O)(=O)c1ccc(CNC(=O)C[C@@H]2C[C@@]3(CO3)[C@H](O)[C@@H](/C=C/C(C)=C/C[C@@H]3O[C@H](C)[C@H](NC(=O)C=CC(C)OC(C)=O)C[C@@H]3C)O2)cc1. The minimum atomic E-state index is -3.54. The van der Waals surface area contributed by atoms with Crippen molar-refractivity contribution in [3.63, 3.8) is 0 Å². The molecular weight excluding hydrogens is 666 g/mol. The van der Waals surface area contributed by atoms with Crippen molar-refractivity contribution in [1.82, 2.24) is 15.4 Å². The molecule has 4 rings (SSSR count). The highest BCUT2D eigenvalue weighted by molar-refractivity contribution is 7.89. The molecule has 0 radical (unpaired) electrons. The molecule has 14 heteroatoms. The van der Waals surface area contributed by atoms with Gasteiger partial charge in [0.2, 0.25) is 21.8 Å². The number of aliphatic hydroxyl groups excluding tert-OH is 1. The van der Waals surface area contributed by atoms with Crippen LogP contribution in [0.3, 0.4) is 0 Å². The van der Waals surface area contributed by atoms with Crippen LogP contribution in [0.5, 0.6) is 0 Å². The fourth-order valence-corrected chi connectivity index (χ4v) is 7.00. The van der Waals surface area contributed by atoms with Gasteiger partial charge >= 0.3 is 5.97 Å². The maximum Gasteiger partial charge on any atom is 0.303 e. The molecular formula is C36H51N3O10S. The Morgan fingerprint density at radius 2 is 1.82 bits per heavy atom. The fourth-order valence-electron chi connectivity index (χ4n) is 6.27. The van der Waals surface area contributed by atoms with Crippen molar-refractivity contribution in [2.75, 3.05) is 13.7 Å². The second-order valence-electron chi connectivity index (χ2n) is 13.5. The summed E-state index contributed by atoms with van der Waals surface area (Å²) in [7, 11) is -2.19. The molecule has 1 aromatic rings. The number of ether oxygens (including phenoxy) is 4. The van der Waals surface area contributed by atoms with Gasteiger partial charge in [-0.15, -0.1) is 0 Å². The van der Waals surface area contributed by atoms with Crippen LogP contribution in [-0.2, 0) is 49.9 Å². The first kappa shape index (κ1) is 39.4. The van der Waals surface area contributed by atoms with Crippen molar-refractivity contribution in [2.45, 2.75) is 120 Å². The number of amides is 2. The average Bonchev–Trinajstić information content (AvgIpc) is 3.84. The minimum absolute atomic E-state index is 0.0390. The highest BCUT2D eigenvalue weighted by Gasteiger charge is 2.58. The first-order chi connectivity index (χ1) is 23.6. The molecule has 1 spiro atoms. The Labute approximate surface area is 294 Å². The molecule has 3 fully saturated rings. The van der Waals surface area contributed by atoms with Gasteiger partial charge in [-0.05, 0) is 70.4 Å². The summed E-state index contributed by atoms with van der Waals surface area (Å²) in [6.07, 6.45) is 7.89. The number of carbonyl (C=O) groups excluding carboxylic acids is 3. The van der Waals surface area contributed by atoms with Gasteiger partial charge in [0, 0.05) is 26.0 Å². The minimum Gasteiger partial charge on any atom is -0.459 e. The van der Waals surface area contributed by atoms with Crippen LogP contribution in [-0.4, -0.2) is 93.2 Å². The molecule has 0 aliphatic carbocycles. The molecule has 1 aromatic carbocycles. The summed E-state index contributed by atoms with van der Waals surface area (Å²) >= 11 is 0. The number of carbonyl (C=O) groups is 3. The number of allylic oxidation sites excluding steroid dienone is 2. The number of aliphatic hydroxyl groups is 1. The zero-order valence-corrected chi connectivity index (χ0v) is 30.4. The Bertz CT molecular complexity index is 1550. The summed E-state index contributed by atoms with van der Waals surface area (Å²) in [5.74, 6) is -0.717. The molecule has 3 saturated heterocycles. The lowest BCUT2D eigenvalue weighted by Crippen LogP contribution is -2.50. The lowest BCUT2D eigenvalue weighted by molar-refractivity contribution is -0.145. The number of nitrogens with one attached hydrogen (secondary N) is 3. The molecule has 276 valence electrons. The van der Waals surface area contributed by atoms with E-state index in [0.29, 0.717) is 19.4 Å². The van der Waals surface area contributed by atoms with Gasteiger partial charge in [0.25, 0.3) is 0 Å². The van der Waals surface area contributed by atoms with Crippen LogP contribution in [0.2, 0.25) is 0 Å². The third-order valence-corrected chi connectivity index (χ3v) is 10.8. The van der Waals surface area contributed by atoms with Crippen LogP contribution >= 0.6 is 0 Å². The van der Waals surface area contributed by atoms with Crippen molar-refractivity contribution in [3.8, 4) is 0 Å². The molecule has 2 amide bonds. The van der Waals surface area contributed by atoms with E-state index in [2.05, 4.69) is 28.4 Å². The third-order valence-electron chi connectivity index (χ3n) is 9.33. The zero-order chi connectivity index (χ0) is 36.6. The van der Waals surface area contributed by atoms with E-state index in [0.717, 1.165) is 17.6 Å². The maximum atomic E-state index is 12.8. The Hall–Kier alpha value is -3.40. The number of rotatable bonds is 14. The largest absolute Gasteiger partial charge is 0.459 e. The van der Waals surface area contributed by atoms with Crippen LogP contribution in [0.25, 0.3) is 0 Å². The molecule has 3 aliphatic heterocycles. The number of epoxide rings is 1. The molecule has 3 heterocycles. The molecule has 3 aliphatic rings. The van der Waals surface area contributed by atoms with Crippen molar-refractivity contribution < 1.29 is 46.9 Å². The van der Waals surface area contributed by atoms with E-state index in [4.69, 9.17) is 18.9 Å². The van der Waals surface area contributed by atoms with Crippen molar-refractivity contribution in [3.05, 3.63) is 65.8 Å². The predicted octanol–water partition coefficient (Wildman–Crippen LogP) is 2.59. The summed E-state index contributed by atoms with van der Waals surface area (Å²) in [5, 5.41) is 16.9. The van der Waals surface area contributed by atoms with Crippen LogP contribution in [0.1, 0.15) is 65.9 Å². The van der Waals surface area contributed by atoms with Gasteiger partial charge in [0.05, 0.1) is 42.3 Å². The topological polar surface area (TPSA) is 182 Å². The van der Waals surface area contributed by atoms with Gasteiger partial charge in [0.1, 0.15) is 23.9 Å². The standard InChI is InChI=1S/C36H51N3O10S/c1-22(7-14-31-23(2)17-30(25(4)48-31)39-33(41)16-9-24(3)47-26(5)40)8-15-32-35(43)36(21-46-36)19-28(49-32)18-34(42)38-20-27-10-12-29(13-11-27)50(44,45)37-6/h7-13,15-16,23-25,28,30-32,35,37,43H,14,17-21H2,1-6H3,(H,38,42)(H,39,41)/b15-8+,16-9?,22-7+/t23-,24?,25+,28+,30+,31-,32+,35+,36+/m0/s1. The van der Waals surface area contributed by atoms with Crippen LogP contribution < -0.4 is 15.4 Å². The van der Waals surface area contributed by atoms with Crippen LogP contribution in [0, 0.1) is 5.92 Å². The Balaban J connectivity index is 1.25. The van der Waals surface area contributed by atoms with E-state index in [-0.39, 0.29) is 53.8 Å². The summed E-state index contributed by atoms with van der Waals surface area (Å²) in [5.41, 5.74) is 0.990. The molecule has 1 unspecified atom stereocenters. The lowest BCUT2D eigenvalue weighted by Gasteiger charge is -2.39. The molecule has 4 N–H and O–H groups in total. The number of esters is 1.